The first-order valence-electron chi connectivity index (χ1n) is 10.8. The monoisotopic (exact) mass is 433 g/mol. The molecule has 0 N–H and O–H groups in total. The number of amides is 1. The van der Waals surface area contributed by atoms with Gasteiger partial charge >= 0.3 is 0 Å². The van der Waals surface area contributed by atoms with E-state index in [0.717, 1.165) is 56.8 Å². The number of imidazole rings is 1. The van der Waals surface area contributed by atoms with Crippen molar-refractivity contribution in [2.45, 2.75) is 37.0 Å². The Hall–Kier alpha value is -1.97. The minimum Gasteiger partial charge on any atom is -0.340 e. The number of carbonyl (C=O) groups excluding carboxylic acids is 1. The van der Waals surface area contributed by atoms with Gasteiger partial charge in [0, 0.05) is 59.2 Å². The Morgan fingerprint density at radius 3 is 2.40 bits per heavy atom. The van der Waals surface area contributed by atoms with Crippen LogP contribution in [-0.2, 0) is 28.3 Å². The molecule has 1 aromatic carbocycles. The molecule has 1 aromatic heterocycles. The molecule has 0 saturated carbocycles. The largest absolute Gasteiger partial charge is 0.340 e. The molecular formula is C21H31N5O3S. The van der Waals surface area contributed by atoms with Gasteiger partial charge in [-0.3, -0.25) is 4.79 Å². The Bertz CT molecular complexity index is 1020. The molecule has 3 heterocycles. The smallest absolute Gasteiger partial charge is 0.243 e. The van der Waals surface area contributed by atoms with Crippen molar-refractivity contribution in [3.05, 3.63) is 24.0 Å². The zero-order chi connectivity index (χ0) is 21.3. The lowest BCUT2D eigenvalue weighted by Crippen LogP contribution is -2.47. The second kappa shape index (κ2) is 8.64. The van der Waals surface area contributed by atoms with Gasteiger partial charge in [-0.25, -0.2) is 13.4 Å². The average Bonchev–Trinajstić information content (AvgIpc) is 3.08. The number of hydrogen-bond acceptors (Lipinski definition) is 5. The lowest BCUT2D eigenvalue weighted by Gasteiger charge is -2.32. The number of rotatable bonds is 5. The van der Waals surface area contributed by atoms with E-state index in [1.807, 2.05) is 22.6 Å². The van der Waals surface area contributed by atoms with Gasteiger partial charge in [0.2, 0.25) is 15.9 Å². The van der Waals surface area contributed by atoms with Gasteiger partial charge < -0.3 is 14.4 Å². The number of piperidine rings is 1. The highest BCUT2D eigenvalue weighted by Gasteiger charge is 2.27. The van der Waals surface area contributed by atoms with E-state index in [4.69, 9.17) is 0 Å². The van der Waals surface area contributed by atoms with E-state index in [0.29, 0.717) is 36.3 Å². The number of benzene rings is 1. The lowest BCUT2D eigenvalue weighted by atomic mass is 10.2. The van der Waals surface area contributed by atoms with Crippen LogP contribution in [0.3, 0.4) is 0 Å². The predicted molar refractivity (Wildman–Crippen MR) is 116 cm³/mol. The molecule has 2 fully saturated rings. The van der Waals surface area contributed by atoms with E-state index in [1.54, 1.807) is 16.4 Å². The van der Waals surface area contributed by atoms with E-state index >= 15 is 0 Å². The molecule has 0 bridgehead atoms. The summed E-state index contributed by atoms with van der Waals surface area (Å²) in [6.07, 6.45) is 3.87. The van der Waals surface area contributed by atoms with Gasteiger partial charge in [0.1, 0.15) is 5.82 Å². The zero-order valence-corrected chi connectivity index (χ0v) is 18.7. The molecule has 2 aliphatic heterocycles. The summed E-state index contributed by atoms with van der Waals surface area (Å²) in [5.41, 5.74) is 1.55. The van der Waals surface area contributed by atoms with Crippen molar-refractivity contribution in [2.24, 2.45) is 7.05 Å². The maximum atomic E-state index is 13.0. The SMILES string of the molecule is CN1CCN(C(=O)CCc2nc3cc(S(=O)(=O)N4CCCCC4)ccc3n2C)CC1. The van der Waals surface area contributed by atoms with Crippen LogP contribution in [0.4, 0.5) is 0 Å². The third-order valence-electron chi connectivity index (χ3n) is 6.32. The first-order chi connectivity index (χ1) is 14.4. The van der Waals surface area contributed by atoms with Gasteiger partial charge in [-0.15, -0.1) is 0 Å². The number of likely N-dealkylation sites (N-methyl/N-ethyl adjacent to an activating group) is 1. The van der Waals surface area contributed by atoms with Crippen LogP contribution in [0.15, 0.2) is 23.1 Å². The van der Waals surface area contributed by atoms with Crippen molar-refractivity contribution in [3.63, 3.8) is 0 Å². The number of sulfonamides is 1. The summed E-state index contributed by atoms with van der Waals surface area (Å²) in [5, 5.41) is 0. The molecule has 0 aliphatic carbocycles. The number of nitrogens with zero attached hydrogens (tertiary/aromatic N) is 5. The van der Waals surface area contributed by atoms with Crippen molar-refractivity contribution in [2.75, 3.05) is 46.3 Å². The van der Waals surface area contributed by atoms with Crippen LogP contribution in [0.1, 0.15) is 31.5 Å². The molecule has 2 aliphatic rings. The van der Waals surface area contributed by atoms with E-state index < -0.39 is 10.0 Å². The Balaban J connectivity index is 1.49. The van der Waals surface area contributed by atoms with Crippen molar-refractivity contribution >= 4 is 27.0 Å². The molecule has 30 heavy (non-hydrogen) atoms. The predicted octanol–water partition coefficient (Wildman–Crippen LogP) is 1.45. The van der Waals surface area contributed by atoms with Gasteiger partial charge in [0.05, 0.1) is 15.9 Å². The van der Waals surface area contributed by atoms with Crippen LogP contribution in [0.5, 0.6) is 0 Å². The highest BCUT2D eigenvalue weighted by atomic mass is 32.2. The number of piperazine rings is 1. The fraction of sp³-hybridized carbons (Fsp3) is 0.619. The second-order valence-corrected chi connectivity index (χ2v) is 10.3. The molecule has 0 radical (unpaired) electrons. The van der Waals surface area contributed by atoms with E-state index in [1.165, 1.54) is 0 Å². The van der Waals surface area contributed by atoms with Crippen molar-refractivity contribution in [1.29, 1.82) is 0 Å². The first-order valence-corrected chi connectivity index (χ1v) is 12.2. The summed E-state index contributed by atoms with van der Waals surface area (Å²) in [7, 11) is 0.508. The molecule has 164 valence electrons. The van der Waals surface area contributed by atoms with Crippen molar-refractivity contribution in [1.82, 2.24) is 23.7 Å². The normalized spacial score (nSPS) is 19.5. The molecule has 0 spiro atoms. The summed E-state index contributed by atoms with van der Waals surface area (Å²) in [6.45, 7) is 4.54. The van der Waals surface area contributed by atoms with Crippen LogP contribution in [0, 0.1) is 0 Å². The van der Waals surface area contributed by atoms with Gasteiger partial charge in [-0.2, -0.15) is 4.31 Å². The van der Waals surface area contributed by atoms with Gasteiger partial charge in [-0.05, 0) is 38.1 Å². The second-order valence-electron chi connectivity index (χ2n) is 8.39. The molecule has 2 aromatic rings. The highest BCUT2D eigenvalue weighted by Crippen LogP contribution is 2.25. The Morgan fingerprint density at radius 2 is 1.70 bits per heavy atom. The third-order valence-corrected chi connectivity index (χ3v) is 8.21. The van der Waals surface area contributed by atoms with Crippen LogP contribution < -0.4 is 0 Å². The van der Waals surface area contributed by atoms with Crippen LogP contribution in [0.2, 0.25) is 0 Å². The summed E-state index contributed by atoms with van der Waals surface area (Å²) in [4.78, 5) is 21.7. The quantitative estimate of drug-likeness (QED) is 0.713. The zero-order valence-electron chi connectivity index (χ0n) is 17.9. The number of aryl methyl sites for hydroxylation is 2. The minimum absolute atomic E-state index is 0.156. The van der Waals surface area contributed by atoms with Crippen molar-refractivity contribution in [3.8, 4) is 0 Å². The number of aromatic nitrogens is 2. The summed E-state index contributed by atoms with van der Waals surface area (Å²) in [5.74, 6) is 0.962. The van der Waals surface area contributed by atoms with Crippen molar-refractivity contribution < 1.29 is 13.2 Å². The van der Waals surface area contributed by atoms with Gasteiger partial charge in [-0.1, -0.05) is 6.42 Å². The highest BCUT2D eigenvalue weighted by molar-refractivity contribution is 7.89. The standard InChI is InChI=1S/C21H31N5O3S/c1-23-12-14-25(15-13-23)21(27)9-8-20-22-18-16-17(6-7-19(18)24(20)2)30(28,29)26-10-4-3-5-11-26/h6-7,16H,3-5,8-15H2,1-2H3. The summed E-state index contributed by atoms with van der Waals surface area (Å²) >= 11 is 0. The van der Waals surface area contributed by atoms with Gasteiger partial charge in [0.25, 0.3) is 0 Å². The Kier molecular flexibility index (Phi) is 6.13. The number of hydrogen-bond donors (Lipinski definition) is 0. The van der Waals surface area contributed by atoms with E-state index in [2.05, 4.69) is 16.9 Å². The van der Waals surface area contributed by atoms with Crippen LogP contribution >= 0.6 is 0 Å². The fourth-order valence-electron chi connectivity index (χ4n) is 4.30. The molecule has 4 rings (SSSR count). The van der Waals surface area contributed by atoms with Crippen LogP contribution in [0.25, 0.3) is 11.0 Å². The fourth-order valence-corrected chi connectivity index (χ4v) is 5.84. The molecule has 2 saturated heterocycles. The van der Waals surface area contributed by atoms with E-state index in [-0.39, 0.29) is 5.91 Å². The topological polar surface area (TPSA) is 78.8 Å². The molecule has 9 heteroatoms. The summed E-state index contributed by atoms with van der Waals surface area (Å²) in [6, 6.07) is 5.17. The molecular weight excluding hydrogens is 402 g/mol. The first kappa shape index (κ1) is 21.3. The lowest BCUT2D eigenvalue weighted by molar-refractivity contribution is -0.132. The molecule has 0 atom stereocenters. The number of carbonyl (C=O) groups is 1. The van der Waals surface area contributed by atoms with Crippen LogP contribution in [-0.4, -0.2) is 84.3 Å². The third kappa shape index (κ3) is 4.24. The minimum atomic E-state index is -3.48. The Morgan fingerprint density at radius 1 is 1.00 bits per heavy atom. The van der Waals surface area contributed by atoms with Gasteiger partial charge in [0.15, 0.2) is 0 Å². The molecule has 0 unspecified atom stereocenters. The number of fused-ring (bicyclic) bond motifs is 1. The molecule has 1 amide bonds. The molecule has 8 nitrogen and oxygen atoms in total. The maximum absolute atomic E-state index is 13.0. The van der Waals surface area contributed by atoms with E-state index in [9.17, 15) is 13.2 Å². The Labute approximate surface area is 178 Å². The average molecular weight is 434 g/mol. The maximum Gasteiger partial charge on any atom is 0.243 e. The summed E-state index contributed by atoms with van der Waals surface area (Å²) < 4.78 is 29.5.